The summed E-state index contributed by atoms with van der Waals surface area (Å²) in [5.74, 6) is 0. The van der Waals surface area contributed by atoms with Crippen LogP contribution in [0.2, 0.25) is 0 Å². The minimum Gasteiger partial charge on any atom is -0.389 e. The molecule has 1 N–H and O–H groups in total. The molecule has 0 amide bonds. The van der Waals surface area contributed by atoms with Gasteiger partial charge in [-0.1, -0.05) is 11.6 Å². The first-order valence-corrected chi connectivity index (χ1v) is 4.83. The number of benzene rings is 1. The van der Waals surface area contributed by atoms with Crippen LogP contribution in [0.5, 0.6) is 0 Å². The van der Waals surface area contributed by atoms with Crippen LogP contribution in [0.25, 0.3) is 10.9 Å². The SMILES string of the molecule is Cc1ccc2c(c1)c(C(C)O)cn2C. The van der Waals surface area contributed by atoms with Crippen molar-refractivity contribution in [2.24, 2.45) is 7.05 Å². The molecule has 0 fully saturated rings. The third-order valence-corrected chi connectivity index (χ3v) is 2.63. The maximum Gasteiger partial charge on any atom is 0.0782 e. The molecular formula is C12H15NO. The van der Waals surface area contributed by atoms with Gasteiger partial charge in [-0.15, -0.1) is 0 Å². The number of rotatable bonds is 1. The summed E-state index contributed by atoms with van der Waals surface area (Å²) < 4.78 is 2.05. The van der Waals surface area contributed by atoms with Gasteiger partial charge in [0.15, 0.2) is 0 Å². The van der Waals surface area contributed by atoms with Crippen LogP contribution in [0, 0.1) is 6.92 Å². The molecule has 0 radical (unpaired) electrons. The van der Waals surface area contributed by atoms with Crippen LogP contribution in [0.15, 0.2) is 24.4 Å². The van der Waals surface area contributed by atoms with Crippen LogP contribution >= 0.6 is 0 Å². The van der Waals surface area contributed by atoms with Gasteiger partial charge in [0, 0.05) is 29.7 Å². The molecule has 0 aliphatic carbocycles. The number of aliphatic hydroxyl groups excluding tert-OH is 1. The molecule has 0 bridgehead atoms. The van der Waals surface area contributed by atoms with Gasteiger partial charge in [-0.25, -0.2) is 0 Å². The van der Waals surface area contributed by atoms with Crippen molar-refractivity contribution in [2.75, 3.05) is 0 Å². The van der Waals surface area contributed by atoms with E-state index >= 15 is 0 Å². The lowest BCUT2D eigenvalue weighted by atomic mass is 10.1. The maximum absolute atomic E-state index is 9.61. The molecule has 2 rings (SSSR count). The minimum absolute atomic E-state index is 0.402. The predicted molar refractivity (Wildman–Crippen MR) is 58.3 cm³/mol. The smallest absolute Gasteiger partial charge is 0.0782 e. The van der Waals surface area contributed by atoms with Crippen LogP contribution in [0.4, 0.5) is 0 Å². The Morgan fingerprint density at radius 3 is 2.71 bits per heavy atom. The number of aromatic nitrogens is 1. The molecule has 1 unspecified atom stereocenters. The van der Waals surface area contributed by atoms with Crippen molar-refractivity contribution in [3.63, 3.8) is 0 Å². The van der Waals surface area contributed by atoms with Gasteiger partial charge < -0.3 is 9.67 Å². The van der Waals surface area contributed by atoms with Crippen molar-refractivity contribution < 1.29 is 5.11 Å². The molecule has 1 heterocycles. The van der Waals surface area contributed by atoms with E-state index in [4.69, 9.17) is 0 Å². The van der Waals surface area contributed by atoms with Gasteiger partial charge in [-0.2, -0.15) is 0 Å². The van der Waals surface area contributed by atoms with Gasteiger partial charge in [0.25, 0.3) is 0 Å². The van der Waals surface area contributed by atoms with Crippen molar-refractivity contribution in [3.05, 3.63) is 35.5 Å². The Morgan fingerprint density at radius 1 is 1.36 bits per heavy atom. The fourth-order valence-corrected chi connectivity index (χ4v) is 1.87. The molecule has 0 aliphatic rings. The first-order valence-electron chi connectivity index (χ1n) is 4.83. The first-order chi connectivity index (χ1) is 6.59. The Hall–Kier alpha value is -1.28. The molecule has 0 saturated carbocycles. The highest BCUT2D eigenvalue weighted by atomic mass is 16.3. The average Bonchev–Trinajstić information content (AvgIpc) is 2.43. The summed E-state index contributed by atoms with van der Waals surface area (Å²) in [5.41, 5.74) is 3.41. The van der Waals surface area contributed by atoms with Gasteiger partial charge in [-0.3, -0.25) is 0 Å². The highest BCUT2D eigenvalue weighted by molar-refractivity contribution is 5.84. The number of hydrogen-bond donors (Lipinski definition) is 1. The van der Waals surface area contributed by atoms with E-state index in [1.807, 2.05) is 13.2 Å². The number of fused-ring (bicyclic) bond motifs is 1. The van der Waals surface area contributed by atoms with Gasteiger partial charge in [0.1, 0.15) is 0 Å². The lowest BCUT2D eigenvalue weighted by Crippen LogP contribution is -1.88. The summed E-state index contributed by atoms with van der Waals surface area (Å²) in [4.78, 5) is 0. The predicted octanol–water partition coefficient (Wildman–Crippen LogP) is 2.54. The summed E-state index contributed by atoms with van der Waals surface area (Å²) in [6.07, 6.45) is 1.59. The number of hydrogen-bond acceptors (Lipinski definition) is 1. The van der Waals surface area contributed by atoms with Crippen LogP contribution in [0.1, 0.15) is 24.2 Å². The summed E-state index contributed by atoms with van der Waals surface area (Å²) in [6, 6.07) is 6.31. The average molecular weight is 189 g/mol. The Kier molecular flexibility index (Phi) is 2.08. The van der Waals surface area contributed by atoms with E-state index in [0.29, 0.717) is 0 Å². The van der Waals surface area contributed by atoms with Crippen molar-refractivity contribution in [1.29, 1.82) is 0 Å². The number of nitrogens with zero attached hydrogens (tertiary/aromatic N) is 1. The third-order valence-electron chi connectivity index (χ3n) is 2.63. The van der Waals surface area contributed by atoms with Crippen LogP contribution in [0.3, 0.4) is 0 Å². The molecule has 2 nitrogen and oxygen atoms in total. The van der Waals surface area contributed by atoms with Gasteiger partial charge in [-0.05, 0) is 26.0 Å². The zero-order valence-corrected chi connectivity index (χ0v) is 8.78. The fourth-order valence-electron chi connectivity index (χ4n) is 1.87. The highest BCUT2D eigenvalue weighted by Crippen LogP contribution is 2.26. The second-order valence-corrected chi connectivity index (χ2v) is 3.89. The summed E-state index contributed by atoms with van der Waals surface area (Å²) in [7, 11) is 2.00. The van der Waals surface area contributed by atoms with E-state index < -0.39 is 6.10 Å². The van der Waals surface area contributed by atoms with Gasteiger partial charge in [0.2, 0.25) is 0 Å². The van der Waals surface area contributed by atoms with Gasteiger partial charge in [0.05, 0.1) is 6.10 Å². The lowest BCUT2D eigenvalue weighted by molar-refractivity contribution is 0.200. The quantitative estimate of drug-likeness (QED) is 0.732. The zero-order chi connectivity index (χ0) is 10.3. The van der Waals surface area contributed by atoms with E-state index in [1.165, 1.54) is 11.1 Å². The Morgan fingerprint density at radius 2 is 2.07 bits per heavy atom. The zero-order valence-electron chi connectivity index (χ0n) is 8.78. The minimum atomic E-state index is -0.402. The Bertz CT molecular complexity index is 468. The molecule has 0 aliphatic heterocycles. The highest BCUT2D eigenvalue weighted by Gasteiger charge is 2.10. The molecule has 0 saturated heterocycles. The van der Waals surface area contributed by atoms with Crippen LogP contribution < -0.4 is 0 Å². The number of aryl methyl sites for hydroxylation is 2. The Labute approximate surface area is 83.8 Å². The molecule has 2 aromatic rings. The molecular weight excluding hydrogens is 174 g/mol. The summed E-state index contributed by atoms with van der Waals surface area (Å²) >= 11 is 0. The standard InChI is InChI=1S/C12H15NO/c1-8-4-5-12-10(6-8)11(9(2)14)7-13(12)3/h4-7,9,14H,1-3H3. The maximum atomic E-state index is 9.61. The third kappa shape index (κ3) is 1.32. The van der Waals surface area contributed by atoms with E-state index in [2.05, 4.69) is 29.7 Å². The largest absolute Gasteiger partial charge is 0.389 e. The molecule has 0 spiro atoms. The van der Waals surface area contributed by atoms with Crippen LogP contribution in [-0.4, -0.2) is 9.67 Å². The van der Waals surface area contributed by atoms with Crippen molar-refractivity contribution in [2.45, 2.75) is 20.0 Å². The fraction of sp³-hybridized carbons (Fsp3) is 0.333. The molecule has 1 atom stereocenters. The molecule has 74 valence electrons. The molecule has 2 heteroatoms. The van der Waals surface area contributed by atoms with E-state index in [-0.39, 0.29) is 0 Å². The van der Waals surface area contributed by atoms with E-state index in [9.17, 15) is 5.11 Å². The summed E-state index contributed by atoms with van der Waals surface area (Å²) in [6.45, 7) is 3.87. The normalized spacial score (nSPS) is 13.4. The van der Waals surface area contributed by atoms with E-state index in [1.54, 1.807) is 6.92 Å². The van der Waals surface area contributed by atoms with Gasteiger partial charge >= 0.3 is 0 Å². The topological polar surface area (TPSA) is 25.2 Å². The molecule has 1 aromatic carbocycles. The van der Waals surface area contributed by atoms with Crippen molar-refractivity contribution in [1.82, 2.24) is 4.57 Å². The monoisotopic (exact) mass is 189 g/mol. The van der Waals surface area contributed by atoms with Crippen LogP contribution in [-0.2, 0) is 7.05 Å². The lowest BCUT2D eigenvalue weighted by Gasteiger charge is -2.01. The van der Waals surface area contributed by atoms with Crippen molar-refractivity contribution in [3.8, 4) is 0 Å². The first kappa shape index (κ1) is 9.28. The summed E-state index contributed by atoms with van der Waals surface area (Å²) in [5, 5.41) is 10.8. The molecule has 14 heavy (non-hydrogen) atoms. The Balaban J connectivity index is 2.79. The second kappa shape index (κ2) is 3.14. The van der Waals surface area contributed by atoms with E-state index in [0.717, 1.165) is 10.9 Å². The molecule has 1 aromatic heterocycles. The number of aliphatic hydroxyl groups is 1. The second-order valence-electron chi connectivity index (χ2n) is 3.89. The van der Waals surface area contributed by atoms with Crippen molar-refractivity contribution >= 4 is 10.9 Å².